The Balaban J connectivity index is 0. The van der Waals surface area contributed by atoms with Crippen LogP contribution in [0.2, 0.25) is 0 Å². The molecule has 0 unspecified atom stereocenters. The molecule has 0 aliphatic carbocycles. The molecule has 0 fully saturated rings. The van der Waals surface area contributed by atoms with Crippen LogP contribution in [0.15, 0.2) is 0 Å². The molecule has 0 N–H and O–H groups in total. The Bertz CT molecular complexity index is 21.7. The van der Waals surface area contributed by atoms with Crippen LogP contribution in [-0.2, 0) is 29.9 Å². The van der Waals surface area contributed by atoms with Gasteiger partial charge in [0.05, 0.1) is 13.2 Å². The van der Waals surface area contributed by atoms with E-state index in [0.717, 1.165) is 0 Å². The predicted octanol–water partition coefficient (Wildman–Crippen LogP) is 0.277. The van der Waals surface area contributed by atoms with Crippen molar-refractivity contribution in [3.63, 3.8) is 0 Å². The Hall–Kier alpha value is 0.582. The van der Waals surface area contributed by atoms with E-state index >= 15 is 0 Å². The van der Waals surface area contributed by atoms with Gasteiger partial charge in [-0.05, 0) is 0 Å². The van der Waals surface area contributed by atoms with E-state index in [1.165, 1.54) is 0 Å². The Kier molecular flexibility index (Phi) is 14.7. The monoisotopic (exact) mass is 196 g/mol. The van der Waals surface area contributed by atoms with Gasteiger partial charge in [0, 0.05) is 34.6 Å². The van der Waals surface area contributed by atoms with Crippen molar-refractivity contribution in [2.75, 3.05) is 27.4 Å². The second-order valence-corrected chi connectivity index (χ2v) is 0.986. The Morgan fingerprint density at radius 1 is 1.00 bits per heavy atom. The molecule has 0 saturated heterocycles. The molecular formula is C4H10O2Pd. The maximum absolute atomic E-state index is 4.66. The van der Waals surface area contributed by atoms with Crippen LogP contribution in [0.1, 0.15) is 0 Å². The molecular weight excluding hydrogens is 186 g/mol. The van der Waals surface area contributed by atoms with Gasteiger partial charge in [-0.25, -0.2) is 0 Å². The molecule has 0 aromatic rings. The summed E-state index contributed by atoms with van der Waals surface area (Å²) < 4.78 is 9.31. The van der Waals surface area contributed by atoms with E-state index in [1.54, 1.807) is 14.2 Å². The standard InChI is InChI=1S/C4H10O2.Pd/c1-5-3-4-6-2;/h3-4H2,1-2H3;. The van der Waals surface area contributed by atoms with E-state index in [9.17, 15) is 0 Å². The number of ether oxygens (including phenoxy) is 2. The second-order valence-electron chi connectivity index (χ2n) is 0.986. The van der Waals surface area contributed by atoms with E-state index in [0.29, 0.717) is 13.2 Å². The molecule has 3 heteroatoms. The average molecular weight is 197 g/mol. The molecule has 0 aromatic heterocycles. The maximum atomic E-state index is 4.66. The summed E-state index contributed by atoms with van der Waals surface area (Å²) in [5.74, 6) is 0. The molecule has 0 atom stereocenters. The van der Waals surface area contributed by atoms with Crippen molar-refractivity contribution in [1.29, 1.82) is 0 Å². The van der Waals surface area contributed by atoms with E-state index in [1.807, 2.05) is 0 Å². The maximum Gasteiger partial charge on any atom is 0.0696 e. The molecule has 0 rings (SSSR count). The Morgan fingerprint density at radius 3 is 1.43 bits per heavy atom. The van der Waals surface area contributed by atoms with Crippen LogP contribution in [0.5, 0.6) is 0 Å². The zero-order valence-electron chi connectivity index (χ0n) is 4.55. The molecule has 0 radical (unpaired) electrons. The summed E-state index contributed by atoms with van der Waals surface area (Å²) in [4.78, 5) is 0. The quantitative estimate of drug-likeness (QED) is 0.477. The number of hydrogen-bond donors (Lipinski definition) is 0. The summed E-state index contributed by atoms with van der Waals surface area (Å²) in [6.45, 7) is 1.38. The summed E-state index contributed by atoms with van der Waals surface area (Å²) in [6.07, 6.45) is 0. The van der Waals surface area contributed by atoms with Gasteiger partial charge in [-0.2, -0.15) is 0 Å². The Labute approximate surface area is 57.8 Å². The van der Waals surface area contributed by atoms with Gasteiger partial charge < -0.3 is 9.47 Å². The fraction of sp³-hybridized carbons (Fsp3) is 1.00. The minimum absolute atomic E-state index is 0. The topological polar surface area (TPSA) is 18.5 Å². The third-order valence-corrected chi connectivity index (χ3v) is 0.492. The first kappa shape index (κ1) is 10.5. The van der Waals surface area contributed by atoms with E-state index < -0.39 is 0 Å². The number of methoxy groups -OCH3 is 2. The zero-order chi connectivity index (χ0) is 4.83. The van der Waals surface area contributed by atoms with E-state index in [4.69, 9.17) is 0 Å². The van der Waals surface area contributed by atoms with Crippen molar-refractivity contribution in [3.8, 4) is 0 Å². The van der Waals surface area contributed by atoms with Crippen molar-refractivity contribution in [1.82, 2.24) is 0 Å². The third-order valence-electron chi connectivity index (χ3n) is 0.492. The molecule has 0 spiro atoms. The molecule has 48 valence electrons. The van der Waals surface area contributed by atoms with Gasteiger partial charge in [0.25, 0.3) is 0 Å². The summed E-state index contributed by atoms with van der Waals surface area (Å²) in [5, 5.41) is 0. The van der Waals surface area contributed by atoms with Crippen LogP contribution < -0.4 is 0 Å². The smallest absolute Gasteiger partial charge is 0.0696 e. The van der Waals surface area contributed by atoms with E-state index in [-0.39, 0.29) is 20.4 Å². The fourth-order valence-corrected chi connectivity index (χ4v) is 0.167. The molecule has 0 heterocycles. The van der Waals surface area contributed by atoms with Crippen molar-refractivity contribution >= 4 is 0 Å². The van der Waals surface area contributed by atoms with Crippen LogP contribution >= 0.6 is 0 Å². The average Bonchev–Trinajstić information content (AvgIpc) is 1.61. The normalized spacial score (nSPS) is 7.71. The van der Waals surface area contributed by atoms with Gasteiger partial charge in [-0.1, -0.05) is 0 Å². The summed E-state index contributed by atoms with van der Waals surface area (Å²) in [6, 6.07) is 0. The molecule has 0 bridgehead atoms. The van der Waals surface area contributed by atoms with Crippen LogP contribution in [-0.4, -0.2) is 27.4 Å². The van der Waals surface area contributed by atoms with Crippen LogP contribution in [0.3, 0.4) is 0 Å². The van der Waals surface area contributed by atoms with Crippen LogP contribution in [0.4, 0.5) is 0 Å². The van der Waals surface area contributed by atoms with Crippen LogP contribution in [0.25, 0.3) is 0 Å². The minimum atomic E-state index is 0. The van der Waals surface area contributed by atoms with Gasteiger partial charge in [0.2, 0.25) is 0 Å². The number of rotatable bonds is 3. The molecule has 2 nitrogen and oxygen atoms in total. The molecule has 7 heavy (non-hydrogen) atoms. The Morgan fingerprint density at radius 2 is 1.29 bits per heavy atom. The molecule has 0 aliphatic rings. The largest absolute Gasteiger partial charge is 0.382 e. The molecule has 0 amide bonds. The van der Waals surface area contributed by atoms with Gasteiger partial charge in [0.1, 0.15) is 0 Å². The number of hydrogen-bond acceptors (Lipinski definition) is 2. The SMILES string of the molecule is COCCOC.[Pd]. The van der Waals surface area contributed by atoms with Gasteiger partial charge in [-0.15, -0.1) is 0 Å². The molecule has 0 aliphatic heterocycles. The van der Waals surface area contributed by atoms with Crippen molar-refractivity contribution in [2.45, 2.75) is 0 Å². The van der Waals surface area contributed by atoms with Gasteiger partial charge in [0.15, 0.2) is 0 Å². The van der Waals surface area contributed by atoms with Crippen molar-refractivity contribution in [3.05, 3.63) is 0 Å². The molecule has 0 saturated carbocycles. The van der Waals surface area contributed by atoms with Crippen LogP contribution in [0, 0.1) is 0 Å². The van der Waals surface area contributed by atoms with Gasteiger partial charge in [-0.3, -0.25) is 0 Å². The first-order valence-electron chi connectivity index (χ1n) is 1.89. The first-order chi connectivity index (χ1) is 2.91. The summed E-state index contributed by atoms with van der Waals surface area (Å²) in [5.41, 5.74) is 0. The van der Waals surface area contributed by atoms with Gasteiger partial charge >= 0.3 is 0 Å². The van der Waals surface area contributed by atoms with Crippen molar-refractivity contribution in [2.24, 2.45) is 0 Å². The van der Waals surface area contributed by atoms with E-state index in [2.05, 4.69) is 9.47 Å². The fourth-order valence-electron chi connectivity index (χ4n) is 0.167. The minimum Gasteiger partial charge on any atom is -0.382 e. The molecule has 0 aromatic carbocycles. The second kappa shape index (κ2) is 9.77. The predicted molar refractivity (Wildman–Crippen MR) is 23.8 cm³/mol. The summed E-state index contributed by atoms with van der Waals surface area (Å²) in [7, 11) is 3.30. The van der Waals surface area contributed by atoms with Crippen molar-refractivity contribution < 1.29 is 29.9 Å². The summed E-state index contributed by atoms with van der Waals surface area (Å²) >= 11 is 0. The third kappa shape index (κ3) is 10.8. The zero-order valence-corrected chi connectivity index (χ0v) is 6.10. The first-order valence-corrected chi connectivity index (χ1v) is 1.89.